The molecule has 2 rings (SSSR count). The number of carbonyl (C=O) groups is 1. The number of ether oxygens (including phenoxy) is 2. The van der Waals surface area contributed by atoms with Crippen LogP contribution >= 0.6 is 11.6 Å². The number of hydrogen-bond donors (Lipinski definition) is 2. The molecule has 0 radical (unpaired) electrons. The van der Waals surface area contributed by atoms with E-state index < -0.39 is 5.41 Å². The number of nitrogens with one attached hydrogen (secondary N) is 2. The lowest BCUT2D eigenvalue weighted by atomic mass is 9.78. The second-order valence-corrected chi connectivity index (χ2v) is 6.50. The number of rotatable bonds is 7. The quantitative estimate of drug-likeness (QED) is 0.799. The number of amides is 1. The van der Waals surface area contributed by atoms with Crippen LogP contribution in [-0.4, -0.2) is 45.4 Å². The third kappa shape index (κ3) is 5.09. The summed E-state index contributed by atoms with van der Waals surface area (Å²) < 4.78 is 11.1. The molecule has 1 aliphatic heterocycles. The average molecular weight is 341 g/mol. The first-order valence-electron chi connectivity index (χ1n) is 7.96. The Hall–Kier alpha value is -1.30. The van der Waals surface area contributed by atoms with Gasteiger partial charge in [0.15, 0.2) is 0 Å². The highest BCUT2D eigenvalue weighted by atomic mass is 35.5. The van der Waals surface area contributed by atoms with E-state index in [4.69, 9.17) is 21.1 Å². The van der Waals surface area contributed by atoms with Crippen molar-refractivity contribution in [1.29, 1.82) is 0 Å². The van der Waals surface area contributed by atoms with Gasteiger partial charge in [-0.2, -0.15) is 0 Å². The third-order valence-corrected chi connectivity index (χ3v) is 4.38. The topological polar surface area (TPSA) is 59.6 Å². The van der Waals surface area contributed by atoms with Crippen LogP contribution in [0.25, 0.3) is 0 Å². The van der Waals surface area contributed by atoms with Gasteiger partial charge in [0.25, 0.3) is 0 Å². The van der Waals surface area contributed by atoms with E-state index in [2.05, 4.69) is 10.6 Å². The molecule has 5 nitrogen and oxygen atoms in total. The van der Waals surface area contributed by atoms with E-state index in [1.807, 2.05) is 19.1 Å². The van der Waals surface area contributed by atoms with Crippen molar-refractivity contribution in [2.24, 2.45) is 5.41 Å². The highest BCUT2D eigenvalue weighted by Gasteiger charge is 2.39. The Kier molecular flexibility index (Phi) is 6.69. The first-order chi connectivity index (χ1) is 11.1. The SMILES string of the molecule is COCC1(C(=O)NCC(C)Oc2cccc(Cl)c2)CCNCC1. The Bertz CT molecular complexity index is 513. The molecule has 1 fully saturated rings. The predicted octanol–water partition coefficient (Wildman–Crippen LogP) is 2.24. The lowest BCUT2D eigenvalue weighted by Gasteiger charge is -2.35. The van der Waals surface area contributed by atoms with E-state index in [0.29, 0.717) is 23.9 Å². The van der Waals surface area contributed by atoms with Crippen LogP contribution in [0.15, 0.2) is 24.3 Å². The standard InChI is InChI=1S/C17H25ClN2O3/c1-13(23-15-5-3-4-14(18)10-15)11-20-16(21)17(12-22-2)6-8-19-9-7-17/h3-5,10,13,19H,6-9,11-12H2,1-2H3,(H,20,21). The van der Waals surface area contributed by atoms with E-state index in [9.17, 15) is 4.79 Å². The minimum absolute atomic E-state index is 0.0439. The van der Waals surface area contributed by atoms with Gasteiger partial charge in [0.2, 0.25) is 5.91 Å². The molecule has 0 aliphatic carbocycles. The summed E-state index contributed by atoms with van der Waals surface area (Å²) in [5, 5.41) is 6.92. The molecular formula is C17H25ClN2O3. The molecule has 1 aromatic carbocycles. The van der Waals surface area contributed by atoms with Crippen molar-refractivity contribution in [3.8, 4) is 5.75 Å². The number of piperidine rings is 1. The summed E-state index contributed by atoms with van der Waals surface area (Å²) in [5.74, 6) is 0.745. The van der Waals surface area contributed by atoms with Gasteiger partial charge in [-0.05, 0) is 51.1 Å². The maximum absolute atomic E-state index is 12.6. The van der Waals surface area contributed by atoms with Crippen molar-refractivity contribution in [1.82, 2.24) is 10.6 Å². The van der Waals surface area contributed by atoms with E-state index in [1.54, 1.807) is 19.2 Å². The molecule has 0 saturated carbocycles. The second-order valence-electron chi connectivity index (χ2n) is 6.06. The summed E-state index contributed by atoms with van der Waals surface area (Å²) in [4.78, 5) is 12.6. The molecule has 2 N–H and O–H groups in total. The molecule has 1 heterocycles. The van der Waals surface area contributed by atoms with Crippen LogP contribution in [-0.2, 0) is 9.53 Å². The van der Waals surface area contributed by atoms with Crippen molar-refractivity contribution in [3.05, 3.63) is 29.3 Å². The zero-order valence-corrected chi connectivity index (χ0v) is 14.5. The normalized spacial score (nSPS) is 18.2. The summed E-state index contributed by atoms with van der Waals surface area (Å²) in [6.07, 6.45) is 1.44. The molecule has 1 aliphatic rings. The summed E-state index contributed by atoms with van der Waals surface area (Å²) in [6.45, 7) is 4.50. The summed E-state index contributed by atoms with van der Waals surface area (Å²) in [7, 11) is 1.64. The number of carbonyl (C=O) groups excluding carboxylic acids is 1. The lowest BCUT2D eigenvalue weighted by molar-refractivity contribution is -0.136. The number of methoxy groups -OCH3 is 1. The van der Waals surface area contributed by atoms with E-state index in [0.717, 1.165) is 25.9 Å². The molecule has 0 bridgehead atoms. The van der Waals surface area contributed by atoms with Crippen LogP contribution in [0.4, 0.5) is 0 Å². The zero-order chi connectivity index (χ0) is 16.7. The van der Waals surface area contributed by atoms with Crippen molar-refractivity contribution in [2.75, 3.05) is 33.4 Å². The maximum atomic E-state index is 12.6. The van der Waals surface area contributed by atoms with Gasteiger partial charge in [0, 0.05) is 12.1 Å². The Balaban J connectivity index is 1.86. The summed E-state index contributed by atoms with van der Waals surface area (Å²) in [6, 6.07) is 7.25. The third-order valence-electron chi connectivity index (χ3n) is 4.15. The highest BCUT2D eigenvalue weighted by molar-refractivity contribution is 6.30. The zero-order valence-electron chi connectivity index (χ0n) is 13.7. The van der Waals surface area contributed by atoms with Gasteiger partial charge in [-0.1, -0.05) is 17.7 Å². The fourth-order valence-corrected chi connectivity index (χ4v) is 3.04. The molecule has 1 saturated heterocycles. The molecule has 1 amide bonds. The predicted molar refractivity (Wildman–Crippen MR) is 91.0 cm³/mol. The molecule has 0 spiro atoms. The fraction of sp³-hybridized carbons (Fsp3) is 0.588. The maximum Gasteiger partial charge on any atom is 0.228 e. The first-order valence-corrected chi connectivity index (χ1v) is 8.34. The van der Waals surface area contributed by atoms with Crippen LogP contribution in [0.1, 0.15) is 19.8 Å². The summed E-state index contributed by atoms with van der Waals surface area (Å²) >= 11 is 5.94. The summed E-state index contributed by atoms with van der Waals surface area (Å²) in [5.41, 5.74) is -0.435. The second kappa shape index (κ2) is 8.52. The number of benzene rings is 1. The molecule has 1 atom stereocenters. The molecular weight excluding hydrogens is 316 g/mol. The van der Waals surface area contributed by atoms with Gasteiger partial charge in [-0.25, -0.2) is 0 Å². The number of halogens is 1. The van der Waals surface area contributed by atoms with Gasteiger partial charge in [0.1, 0.15) is 11.9 Å². The van der Waals surface area contributed by atoms with Gasteiger partial charge < -0.3 is 20.1 Å². The van der Waals surface area contributed by atoms with Crippen LogP contribution in [0, 0.1) is 5.41 Å². The number of hydrogen-bond acceptors (Lipinski definition) is 4. The monoisotopic (exact) mass is 340 g/mol. The van der Waals surface area contributed by atoms with E-state index >= 15 is 0 Å². The molecule has 23 heavy (non-hydrogen) atoms. The largest absolute Gasteiger partial charge is 0.489 e. The van der Waals surface area contributed by atoms with Crippen LogP contribution < -0.4 is 15.4 Å². The van der Waals surface area contributed by atoms with Crippen LogP contribution in [0.3, 0.4) is 0 Å². The Morgan fingerprint density at radius 2 is 2.17 bits per heavy atom. The molecule has 6 heteroatoms. The first kappa shape index (κ1) is 18.0. The molecule has 128 valence electrons. The van der Waals surface area contributed by atoms with Crippen molar-refractivity contribution < 1.29 is 14.3 Å². The fourth-order valence-electron chi connectivity index (χ4n) is 2.86. The Morgan fingerprint density at radius 1 is 1.43 bits per heavy atom. The van der Waals surface area contributed by atoms with Crippen molar-refractivity contribution in [3.63, 3.8) is 0 Å². The van der Waals surface area contributed by atoms with E-state index in [-0.39, 0.29) is 12.0 Å². The van der Waals surface area contributed by atoms with Gasteiger partial charge in [0.05, 0.1) is 18.6 Å². The van der Waals surface area contributed by atoms with Gasteiger partial charge >= 0.3 is 0 Å². The minimum Gasteiger partial charge on any atom is -0.489 e. The Morgan fingerprint density at radius 3 is 2.83 bits per heavy atom. The van der Waals surface area contributed by atoms with Crippen LogP contribution in [0.5, 0.6) is 5.75 Å². The van der Waals surface area contributed by atoms with Crippen molar-refractivity contribution in [2.45, 2.75) is 25.9 Å². The molecule has 1 aromatic rings. The molecule has 0 aromatic heterocycles. The van der Waals surface area contributed by atoms with Crippen molar-refractivity contribution >= 4 is 17.5 Å². The van der Waals surface area contributed by atoms with Gasteiger partial charge in [-0.15, -0.1) is 0 Å². The average Bonchev–Trinajstić information content (AvgIpc) is 2.54. The highest BCUT2D eigenvalue weighted by Crippen LogP contribution is 2.29. The molecule has 1 unspecified atom stereocenters. The van der Waals surface area contributed by atoms with Crippen LogP contribution in [0.2, 0.25) is 5.02 Å². The van der Waals surface area contributed by atoms with E-state index in [1.165, 1.54) is 0 Å². The Labute approximate surface area is 142 Å². The smallest absolute Gasteiger partial charge is 0.228 e. The minimum atomic E-state index is -0.435. The van der Waals surface area contributed by atoms with Gasteiger partial charge in [-0.3, -0.25) is 4.79 Å². The lowest BCUT2D eigenvalue weighted by Crippen LogP contribution is -2.51.